The minimum absolute atomic E-state index is 0.122. The van der Waals surface area contributed by atoms with Crippen molar-refractivity contribution < 1.29 is 19.5 Å². The van der Waals surface area contributed by atoms with Crippen molar-refractivity contribution in [1.29, 1.82) is 5.41 Å². The van der Waals surface area contributed by atoms with Crippen LogP contribution in [0.2, 0.25) is 0 Å². The molecular formula is C19H22N6O4. The molecule has 0 bridgehead atoms. The fourth-order valence-corrected chi connectivity index (χ4v) is 2.53. The number of rotatable bonds is 7. The van der Waals surface area contributed by atoms with Crippen molar-refractivity contribution in [1.82, 2.24) is 5.32 Å². The lowest BCUT2D eigenvalue weighted by atomic mass is 10.1. The minimum Gasteiger partial charge on any atom is -0.480 e. The number of guanidine groups is 1. The molecule has 0 aromatic heterocycles. The number of amides is 3. The monoisotopic (exact) mass is 398 g/mol. The number of carbonyl (C=O) groups is 3. The standard InChI is InChI=1S/C19H22N6O4/c1-11(26)22-16(17(27)28)9-12-5-7-13(8-6-12)24-19(29)25-15-4-2-3-14(10-15)23-18(20)21/h2-8,10,16H,9H2,1H3,(H,22,26)(H,27,28)(H4,20,21,23)(H2,24,25,29)/t16-/m0/s1. The van der Waals surface area contributed by atoms with Gasteiger partial charge in [-0.1, -0.05) is 18.2 Å². The first kappa shape index (κ1) is 21.2. The number of nitrogens with two attached hydrogens (primary N) is 1. The predicted octanol–water partition coefficient (Wildman–Crippen LogP) is 1.77. The van der Waals surface area contributed by atoms with Crippen LogP contribution < -0.4 is 27.0 Å². The summed E-state index contributed by atoms with van der Waals surface area (Å²) < 4.78 is 0. The van der Waals surface area contributed by atoms with E-state index in [1.165, 1.54) is 6.92 Å². The molecule has 0 spiro atoms. The second-order valence-corrected chi connectivity index (χ2v) is 6.19. The second-order valence-electron chi connectivity index (χ2n) is 6.19. The highest BCUT2D eigenvalue weighted by atomic mass is 16.4. The Morgan fingerprint density at radius 2 is 1.59 bits per heavy atom. The van der Waals surface area contributed by atoms with Gasteiger partial charge in [0.25, 0.3) is 0 Å². The number of urea groups is 1. The molecule has 0 aliphatic rings. The van der Waals surface area contributed by atoms with Crippen molar-refractivity contribution in [2.24, 2.45) is 5.73 Å². The number of carboxylic acids is 1. The van der Waals surface area contributed by atoms with E-state index < -0.39 is 23.9 Å². The molecule has 3 amide bonds. The highest BCUT2D eigenvalue weighted by Gasteiger charge is 2.18. The van der Waals surface area contributed by atoms with Gasteiger partial charge in [-0.15, -0.1) is 0 Å². The Morgan fingerprint density at radius 3 is 2.14 bits per heavy atom. The van der Waals surface area contributed by atoms with Gasteiger partial charge in [-0.05, 0) is 35.9 Å². The van der Waals surface area contributed by atoms with E-state index in [2.05, 4.69) is 21.3 Å². The van der Waals surface area contributed by atoms with Gasteiger partial charge < -0.3 is 32.1 Å². The molecule has 0 radical (unpaired) electrons. The summed E-state index contributed by atoms with van der Waals surface area (Å²) in [5, 5.41) is 26.7. The summed E-state index contributed by atoms with van der Waals surface area (Å²) in [4.78, 5) is 34.5. The maximum atomic E-state index is 12.2. The predicted molar refractivity (Wildman–Crippen MR) is 110 cm³/mol. The van der Waals surface area contributed by atoms with Crippen molar-refractivity contribution >= 4 is 40.9 Å². The minimum atomic E-state index is -1.12. The molecule has 0 aliphatic heterocycles. The van der Waals surface area contributed by atoms with Crippen LogP contribution in [-0.2, 0) is 16.0 Å². The second kappa shape index (κ2) is 9.74. The van der Waals surface area contributed by atoms with Gasteiger partial charge in [-0.2, -0.15) is 0 Å². The van der Waals surface area contributed by atoms with Crippen LogP contribution in [0.1, 0.15) is 12.5 Å². The molecule has 2 aromatic rings. The normalized spacial score (nSPS) is 11.1. The SMILES string of the molecule is CC(=O)N[C@@H](Cc1ccc(NC(=O)Nc2cccc(NC(=N)N)c2)cc1)C(=O)O. The maximum Gasteiger partial charge on any atom is 0.326 e. The highest BCUT2D eigenvalue weighted by Crippen LogP contribution is 2.16. The highest BCUT2D eigenvalue weighted by molar-refractivity contribution is 6.00. The first-order valence-corrected chi connectivity index (χ1v) is 8.61. The summed E-state index contributed by atoms with van der Waals surface area (Å²) in [5.41, 5.74) is 7.55. The largest absolute Gasteiger partial charge is 0.480 e. The number of aliphatic carboxylic acids is 1. The topological polar surface area (TPSA) is 169 Å². The average molecular weight is 398 g/mol. The summed E-state index contributed by atoms with van der Waals surface area (Å²) in [6, 6.07) is 11.8. The molecule has 0 saturated carbocycles. The lowest BCUT2D eigenvalue weighted by molar-refractivity contribution is -0.141. The molecule has 10 heteroatoms. The zero-order valence-electron chi connectivity index (χ0n) is 15.7. The third kappa shape index (κ3) is 7.21. The lowest BCUT2D eigenvalue weighted by Gasteiger charge is -2.14. The Hall–Kier alpha value is -4.08. The van der Waals surface area contributed by atoms with Crippen LogP contribution in [0, 0.1) is 5.41 Å². The number of benzene rings is 2. The van der Waals surface area contributed by atoms with Crippen LogP contribution in [0.3, 0.4) is 0 Å². The van der Waals surface area contributed by atoms with Crippen molar-refractivity contribution in [2.45, 2.75) is 19.4 Å². The number of hydrogen-bond donors (Lipinski definition) is 7. The Morgan fingerprint density at radius 1 is 1.00 bits per heavy atom. The van der Waals surface area contributed by atoms with Crippen LogP contribution in [0.25, 0.3) is 0 Å². The average Bonchev–Trinajstić information content (AvgIpc) is 2.62. The van der Waals surface area contributed by atoms with Gasteiger partial charge >= 0.3 is 12.0 Å². The molecule has 2 rings (SSSR count). The summed E-state index contributed by atoms with van der Waals surface area (Å²) in [6.07, 6.45) is 0.122. The fraction of sp³-hybridized carbons (Fsp3) is 0.158. The van der Waals surface area contributed by atoms with Crippen LogP contribution in [0.4, 0.5) is 21.9 Å². The Balaban J connectivity index is 1.95. The lowest BCUT2D eigenvalue weighted by Crippen LogP contribution is -2.41. The van der Waals surface area contributed by atoms with Crippen molar-refractivity contribution in [3.8, 4) is 0 Å². The zero-order chi connectivity index (χ0) is 21.4. The Kier molecular flexibility index (Phi) is 7.13. The van der Waals surface area contributed by atoms with E-state index in [-0.39, 0.29) is 12.4 Å². The molecule has 0 fully saturated rings. The van der Waals surface area contributed by atoms with Crippen LogP contribution in [-0.4, -0.2) is 35.0 Å². The molecule has 1 atom stereocenters. The smallest absolute Gasteiger partial charge is 0.326 e. The van der Waals surface area contributed by atoms with Crippen LogP contribution in [0.15, 0.2) is 48.5 Å². The molecular weight excluding hydrogens is 376 g/mol. The zero-order valence-corrected chi connectivity index (χ0v) is 15.7. The van der Waals surface area contributed by atoms with E-state index in [9.17, 15) is 14.4 Å². The summed E-state index contributed by atoms with van der Waals surface area (Å²) in [5.74, 6) is -1.76. The maximum absolute atomic E-state index is 12.2. The number of carbonyl (C=O) groups excluding carboxylic acids is 2. The van der Waals surface area contributed by atoms with E-state index >= 15 is 0 Å². The Labute approximate surface area is 167 Å². The summed E-state index contributed by atoms with van der Waals surface area (Å²) in [7, 11) is 0. The number of anilines is 3. The summed E-state index contributed by atoms with van der Waals surface area (Å²) in [6.45, 7) is 1.26. The van der Waals surface area contributed by atoms with E-state index in [4.69, 9.17) is 16.2 Å². The van der Waals surface area contributed by atoms with Gasteiger partial charge in [0.15, 0.2) is 5.96 Å². The fourth-order valence-electron chi connectivity index (χ4n) is 2.53. The van der Waals surface area contributed by atoms with Gasteiger partial charge in [0, 0.05) is 30.4 Å². The molecule has 0 aliphatic carbocycles. The molecule has 2 aromatic carbocycles. The van der Waals surface area contributed by atoms with Crippen LogP contribution >= 0.6 is 0 Å². The van der Waals surface area contributed by atoms with E-state index in [0.717, 1.165) is 0 Å². The molecule has 0 saturated heterocycles. The first-order valence-electron chi connectivity index (χ1n) is 8.61. The molecule has 10 nitrogen and oxygen atoms in total. The first-order chi connectivity index (χ1) is 13.7. The van der Waals surface area contributed by atoms with E-state index in [0.29, 0.717) is 22.6 Å². The molecule has 8 N–H and O–H groups in total. The molecule has 152 valence electrons. The van der Waals surface area contributed by atoms with Gasteiger partial charge in [-0.25, -0.2) is 9.59 Å². The van der Waals surface area contributed by atoms with E-state index in [1.54, 1.807) is 48.5 Å². The van der Waals surface area contributed by atoms with Gasteiger partial charge in [0.05, 0.1) is 0 Å². The quantitative estimate of drug-likeness (QED) is 0.277. The molecule has 0 heterocycles. The molecule has 0 unspecified atom stereocenters. The summed E-state index contributed by atoms with van der Waals surface area (Å²) >= 11 is 0. The number of hydrogen-bond acceptors (Lipinski definition) is 4. The van der Waals surface area contributed by atoms with E-state index in [1.807, 2.05) is 0 Å². The van der Waals surface area contributed by atoms with Gasteiger partial charge in [0.1, 0.15) is 6.04 Å². The number of carboxylic acid groups (broad SMARTS) is 1. The van der Waals surface area contributed by atoms with Crippen molar-refractivity contribution in [3.05, 3.63) is 54.1 Å². The third-order valence-electron chi connectivity index (χ3n) is 3.73. The van der Waals surface area contributed by atoms with Crippen LogP contribution in [0.5, 0.6) is 0 Å². The van der Waals surface area contributed by atoms with Crippen molar-refractivity contribution in [2.75, 3.05) is 16.0 Å². The Bertz CT molecular complexity index is 913. The number of nitrogens with one attached hydrogen (secondary N) is 5. The molecule has 29 heavy (non-hydrogen) atoms. The van der Waals surface area contributed by atoms with Crippen molar-refractivity contribution in [3.63, 3.8) is 0 Å². The van der Waals surface area contributed by atoms with Gasteiger partial charge in [-0.3, -0.25) is 10.2 Å². The third-order valence-corrected chi connectivity index (χ3v) is 3.73. The van der Waals surface area contributed by atoms with Gasteiger partial charge in [0.2, 0.25) is 5.91 Å².